The summed E-state index contributed by atoms with van der Waals surface area (Å²) in [4.78, 5) is 33.6. The van der Waals surface area contributed by atoms with E-state index >= 15 is 0 Å². The SMILES string of the molecule is CC(=O)c1ccc(S(=O)(=O)Nc2ccc(C(=O)NCCC(=O)O)cc2)cc1. The Morgan fingerprint density at radius 3 is 2.00 bits per heavy atom. The fourth-order valence-corrected chi connectivity index (χ4v) is 3.22. The predicted molar refractivity (Wildman–Crippen MR) is 98.3 cm³/mol. The number of Topliss-reactive ketones (excluding diaryl/α,β-unsaturated/α-hetero) is 1. The molecule has 2 rings (SSSR count). The first-order valence-corrected chi connectivity index (χ1v) is 9.41. The molecule has 27 heavy (non-hydrogen) atoms. The normalized spacial score (nSPS) is 10.9. The summed E-state index contributed by atoms with van der Waals surface area (Å²) in [6, 6.07) is 11.2. The van der Waals surface area contributed by atoms with Gasteiger partial charge in [-0.2, -0.15) is 0 Å². The number of carbonyl (C=O) groups is 3. The van der Waals surface area contributed by atoms with Crippen molar-refractivity contribution in [2.24, 2.45) is 0 Å². The number of nitrogens with one attached hydrogen (secondary N) is 2. The Morgan fingerprint density at radius 2 is 1.48 bits per heavy atom. The molecular weight excluding hydrogens is 372 g/mol. The van der Waals surface area contributed by atoms with Crippen LogP contribution in [0.4, 0.5) is 5.69 Å². The Bertz CT molecular complexity index is 950. The number of benzene rings is 2. The highest BCUT2D eigenvalue weighted by Gasteiger charge is 2.15. The average Bonchev–Trinajstić information content (AvgIpc) is 2.61. The highest BCUT2D eigenvalue weighted by molar-refractivity contribution is 7.92. The number of hydrogen-bond acceptors (Lipinski definition) is 5. The molecule has 9 heteroatoms. The standard InChI is InChI=1S/C18H18N2O6S/c1-12(21)13-4-8-16(9-5-13)27(25,26)20-15-6-2-14(3-7-15)18(24)19-11-10-17(22)23/h2-9,20H,10-11H2,1H3,(H,19,24)(H,22,23). The summed E-state index contributed by atoms with van der Waals surface area (Å²) in [6.07, 6.45) is -0.188. The molecule has 2 aromatic carbocycles. The third kappa shape index (κ3) is 5.65. The predicted octanol–water partition coefficient (Wildman–Crippen LogP) is 1.89. The van der Waals surface area contributed by atoms with Crippen molar-refractivity contribution in [3.05, 3.63) is 59.7 Å². The lowest BCUT2D eigenvalue weighted by molar-refractivity contribution is -0.136. The van der Waals surface area contributed by atoms with Crippen LogP contribution in [0, 0.1) is 0 Å². The molecule has 2 aromatic rings. The lowest BCUT2D eigenvalue weighted by atomic mass is 10.2. The monoisotopic (exact) mass is 390 g/mol. The van der Waals surface area contributed by atoms with Crippen LogP contribution in [-0.4, -0.2) is 37.7 Å². The summed E-state index contributed by atoms with van der Waals surface area (Å²) in [7, 11) is -3.84. The van der Waals surface area contributed by atoms with E-state index in [-0.39, 0.29) is 34.9 Å². The number of sulfonamides is 1. The third-order valence-corrected chi connectivity index (χ3v) is 4.99. The lowest BCUT2D eigenvalue weighted by Gasteiger charge is -2.09. The average molecular weight is 390 g/mol. The Kier molecular flexibility index (Phi) is 6.30. The van der Waals surface area contributed by atoms with Gasteiger partial charge < -0.3 is 10.4 Å². The maximum absolute atomic E-state index is 12.4. The van der Waals surface area contributed by atoms with Gasteiger partial charge in [-0.1, -0.05) is 12.1 Å². The van der Waals surface area contributed by atoms with Crippen LogP contribution in [0.2, 0.25) is 0 Å². The molecular formula is C18H18N2O6S. The largest absolute Gasteiger partial charge is 0.481 e. The fourth-order valence-electron chi connectivity index (χ4n) is 2.16. The zero-order valence-electron chi connectivity index (χ0n) is 14.4. The van der Waals surface area contributed by atoms with Gasteiger partial charge in [-0.05, 0) is 43.3 Å². The molecule has 0 radical (unpaired) electrons. The van der Waals surface area contributed by atoms with Crippen molar-refractivity contribution in [2.75, 3.05) is 11.3 Å². The summed E-state index contributed by atoms with van der Waals surface area (Å²) in [5.41, 5.74) is 0.939. The molecule has 0 bridgehead atoms. The Morgan fingerprint density at radius 1 is 0.926 bits per heavy atom. The molecule has 8 nitrogen and oxygen atoms in total. The van der Waals surface area contributed by atoms with Crippen LogP contribution >= 0.6 is 0 Å². The van der Waals surface area contributed by atoms with Crippen LogP contribution in [0.15, 0.2) is 53.4 Å². The van der Waals surface area contributed by atoms with Gasteiger partial charge in [0.2, 0.25) is 0 Å². The molecule has 0 atom stereocenters. The number of carboxylic acid groups (broad SMARTS) is 1. The second kappa shape index (κ2) is 8.45. The number of rotatable bonds is 8. The van der Waals surface area contributed by atoms with E-state index in [0.29, 0.717) is 5.56 Å². The molecule has 0 heterocycles. The molecule has 0 aliphatic carbocycles. The Balaban J connectivity index is 2.05. The first kappa shape index (κ1) is 20.1. The number of ketones is 1. The van der Waals surface area contributed by atoms with E-state index in [4.69, 9.17) is 5.11 Å². The van der Waals surface area contributed by atoms with Gasteiger partial charge in [-0.15, -0.1) is 0 Å². The van der Waals surface area contributed by atoms with E-state index in [0.717, 1.165) is 0 Å². The number of anilines is 1. The molecule has 142 valence electrons. The molecule has 0 spiro atoms. The molecule has 0 aromatic heterocycles. The van der Waals surface area contributed by atoms with Gasteiger partial charge in [0.1, 0.15) is 0 Å². The van der Waals surface area contributed by atoms with Crippen molar-refractivity contribution in [3.63, 3.8) is 0 Å². The quantitative estimate of drug-likeness (QED) is 0.590. The zero-order chi connectivity index (χ0) is 20.0. The van der Waals surface area contributed by atoms with Crippen LogP contribution < -0.4 is 10.0 Å². The minimum absolute atomic E-state index is 0.00118. The molecule has 0 aliphatic rings. The van der Waals surface area contributed by atoms with E-state index in [1.54, 1.807) is 0 Å². The van der Waals surface area contributed by atoms with Crippen molar-refractivity contribution in [1.82, 2.24) is 5.32 Å². The van der Waals surface area contributed by atoms with Gasteiger partial charge in [0.05, 0.1) is 11.3 Å². The van der Waals surface area contributed by atoms with E-state index < -0.39 is 21.9 Å². The van der Waals surface area contributed by atoms with Crippen LogP contribution in [0.25, 0.3) is 0 Å². The Hall–Kier alpha value is -3.20. The van der Waals surface area contributed by atoms with E-state index in [1.807, 2.05) is 0 Å². The van der Waals surface area contributed by atoms with Crippen molar-refractivity contribution in [2.45, 2.75) is 18.2 Å². The number of hydrogen-bond donors (Lipinski definition) is 3. The first-order chi connectivity index (χ1) is 12.7. The number of aliphatic carboxylic acids is 1. The van der Waals surface area contributed by atoms with Crippen molar-refractivity contribution >= 4 is 33.4 Å². The third-order valence-electron chi connectivity index (χ3n) is 3.59. The first-order valence-electron chi connectivity index (χ1n) is 7.93. The number of amides is 1. The topological polar surface area (TPSA) is 130 Å². The smallest absolute Gasteiger partial charge is 0.305 e. The van der Waals surface area contributed by atoms with Gasteiger partial charge in [-0.3, -0.25) is 19.1 Å². The molecule has 1 amide bonds. The van der Waals surface area contributed by atoms with Crippen molar-refractivity contribution in [1.29, 1.82) is 0 Å². The maximum atomic E-state index is 12.4. The summed E-state index contributed by atoms with van der Waals surface area (Å²) >= 11 is 0. The zero-order valence-corrected chi connectivity index (χ0v) is 15.2. The van der Waals surface area contributed by atoms with Crippen molar-refractivity contribution < 1.29 is 27.9 Å². The van der Waals surface area contributed by atoms with Gasteiger partial charge >= 0.3 is 5.97 Å². The van der Waals surface area contributed by atoms with Gasteiger partial charge in [-0.25, -0.2) is 8.42 Å². The van der Waals surface area contributed by atoms with Crippen LogP contribution in [0.5, 0.6) is 0 Å². The van der Waals surface area contributed by atoms with Crippen LogP contribution in [-0.2, 0) is 14.8 Å². The lowest BCUT2D eigenvalue weighted by Crippen LogP contribution is -2.25. The second-order valence-corrected chi connectivity index (χ2v) is 7.35. The highest BCUT2D eigenvalue weighted by atomic mass is 32.2. The minimum Gasteiger partial charge on any atom is -0.481 e. The second-order valence-electron chi connectivity index (χ2n) is 5.66. The molecule has 3 N–H and O–H groups in total. The molecule has 0 aliphatic heterocycles. The molecule has 0 saturated heterocycles. The van der Waals surface area contributed by atoms with Crippen LogP contribution in [0.3, 0.4) is 0 Å². The van der Waals surface area contributed by atoms with E-state index in [2.05, 4.69) is 10.0 Å². The Labute approximate surface area is 156 Å². The summed E-state index contributed by atoms with van der Waals surface area (Å²) in [5, 5.41) is 11.0. The van der Waals surface area contributed by atoms with E-state index in [1.165, 1.54) is 55.5 Å². The summed E-state index contributed by atoms with van der Waals surface area (Å²) in [5.74, 6) is -1.63. The van der Waals surface area contributed by atoms with Crippen LogP contribution in [0.1, 0.15) is 34.1 Å². The van der Waals surface area contributed by atoms with E-state index in [9.17, 15) is 22.8 Å². The van der Waals surface area contributed by atoms with Gasteiger partial charge in [0.15, 0.2) is 5.78 Å². The maximum Gasteiger partial charge on any atom is 0.305 e. The minimum atomic E-state index is -3.84. The fraction of sp³-hybridized carbons (Fsp3) is 0.167. The summed E-state index contributed by atoms with van der Waals surface area (Å²) < 4.78 is 27.1. The number of carboxylic acids is 1. The molecule has 0 fully saturated rings. The molecule has 0 unspecified atom stereocenters. The molecule has 0 saturated carbocycles. The summed E-state index contributed by atoms with van der Waals surface area (Å²) in [6.45, 7) is 1.39. The highest BCUT2D eigenvalue weighted by Crippen LogP contribution is 2.17. The number of carbonyl (C=O) groups excluding carboxylic acids is 2. The van der Waals surface area contributed by atoms with Gasteiger partial charge in [0.25, 0.3) is 15.9 Å². The van der Waals surface area contributed by atoms with Crippen molar-refractivity contribution in [3.8, 4) is 0 Å². The van der Waals surface area contributed by atoms with Gasteiger partial charge in [0, 0.05) is 23.4 Å².